The molecule has 0 saturated heterocycles. The number of carbonyl (C=O) groups excluding carboxylic acids is 1. The number of nitrogens with one attached hydrogen (secondary N) is 1. The lowest BCUT2D eigenvalue weighted by molar-refractivity contribution is 0.0820. The Morgan fingerprint density at radius 1 is 1.12 bits per heavy atom. The molecule has 0 aliphatic carbocycles. The first-order valence-corrected chi connectivity index (χ1v) is 8.18. The summed E-state index contributed by atoms with van der Waals surface area (Å²) in [5.41, 5.74) is 2.01. The monoisotopic (exact) mass is 352 g/mol. The van der Waals surface area contributed by atoms with E-state index in [1.165, 1.54) is 0 Å². The molecule has 0 bridgehead atoms. The van der Waals surface area contributed by atoms with Gasteiger partial charge in [-0.3, -0.25) is 4.79 Å². The van der Waals surface area contributed by atoms with Gasteiger partial charge >= 0.3 is 0 Å². The molecule has 1 atom stereocenters. The zero-order valence-electron chi connectivity index (χ0n) is 14.6. The van der Waals surface area contributed by atoms with Gasteiger partial charge in [0.1, 0.15) is 5.75 Å². The van der Waals surface area contributed by atoms with E-state index in [9.17, 15) is 4.79 Å². The van der Waals surface area contributed by atoms with Crippen molar-refractivity contribution >= 4 is 5.91 Å². The first kappa shape index (κ1) is 17.7. The highest BCUT2D eigenvalue weighted by Gasteiger charge is 2.17. The molecule has 0 aliphatic rings. The predicted molar refractivity (Wildman–Crippen MR) is 97.0 cm³/mol. The van der Waals surface area contributed by atoms with E-state index in [1.807, 2.05) is 54.6 Å². The summed E-state index contributed by atoms with van der Waals surface area (Å²) in [6, 6.07) is 18.7. The number of hydrogen-bond donors (Lipinski definition) is 1. The second-order valence-corrected chi connectivity index (χ2v) is 5.65. The Morgan fingerprint density at radius 2 is 1.92 bits per heavy atom. The number of methoxy groups -OCH3 is 2. The summed E-state index contributed by atoms with van der Waals surface area (Å²) in [5.74, 6) is 0.965. The van der Waals surface area contributed by atoms with Crippen LogP contribution in [0.5, 0.6) is 5.75 Å². The van der Waals surface area contributed by atoms with Gasteiger partial charge in [-0.15, -0.1) is 0 Å². The summed E-state index contributed by atoms with van der Waals surface area (Å²) in [6.07, 6.45) is -0.297. The van der Waals surface area contributed by atoms with Crippen molar-refractivity contribution in [3.8, 4) is 17.1 Å². The molecule has 1 aromatic heterocycles. The molecule has 1 N–H and O–H groups in total. The fraction of sp³-hybridized carbons (Fsp3) is 0.200. The molecule has 0 saturated carbocycles. The van der Waals surface area contributed by atoms with Gasteiger partial charge in [0.15, 0.2) is 11.5 Å². The van der Waals surface area contributed by atoms with Crippen LogP contribution >= 0.6 is 0 Å². The van der Waals surface area contributed by atoms with E-state index in [2.05, 4.69) is 10.5 Å². The number of ether oxygens (including phenoxy) is 2. The van der Waals surface area contributed by atoms with Crippen LogP contribution in [-0.2, 0) is 4.74 Å². The third kappa shape index (κ3) is 4.10. The van der Waals surface area contributed by atoms with Crippen LogP contribution in [0.15, 0.2) is 65.2 Å². The maximum atomic E-state index is 12.4. The topological polar surface area (TPSA) is 73.6 Å². The van der Waals surface area contributed by atoms with Crippen molar-refractivity contribution in [3.05, 3.63) is 71.9 Å². The molecule has 0 spiro atoms. The minimum atomic E-state index is -0.319. The Balaban J connectivity index is 1.65. The van der Waals surface area contributed by atoms with Crippen molar-refractivity contribution in [1.82, 2.24) is 10.5 Å². The predicted octanol–water partition coefficient (Wildman–Crippen LogP) is 3.47. The highest BCUT2D eigenvalue weighted by atomic mass is 16.5. The maximum absolute atomic E-state index is 12.4. The molecule has 0 radical (unpaired) electrons. The third-order valence-corrected chi connectivity index (χ3v) is 4.00. The molecule has 6 nitrogen and oxygen atoms in total. The summed E-state index contributed by atoms with van der Waals surface area (Å²) in [4.78, 5) is 12.4. The van der Waals surface area contributed by atoms with Gasteiger partial charge in [-0.05, 0) is 17.7 Å². The van der Waals surface area contributed by atoms with Gasteiger partial charge in [-0.25, -0.2) is 0 Å². The maximum Gasteiger partial charge on any atom is 0.273 e. The second-order valence-electron chi connectivity index (χ2n) is 5.65. The zero-order chi connectivity index (χ0) is 18.4. The zero-order valence-corrected chi connectivity index (χ0v) is 14.6. The lowest BCUT2D eigenvalue weighted by Crippen LogP contribution is -2.29. The lowest BCUT2D eigenvalue weighted by atomic mass is 10.1. The average molecular weight is 352 g/mol. The number of benzene rings is 2. The molecule has 6 heteroatoms. The van der Waals surface area contributed by atoms with E-state index in [4.69, 9.17) is 14.0 Å². The minimum Gasteiger partial charge on any atom is -0.497 e. The molecular weight excluding hydrogens is 332 g/mol. The molecule has 3 rings (SSSR count). The fourth-order valence-corrected chi connectivity index (χ4v) is 2.58. The van der Waals surface area contributed by atoms with E-state index < -0.39 is 0 Å². The van der Waals surface area contributed by atoms with Crippen molar-refractivity contribution in [2.45, 2.75) is 6.10 Å². The average Bonchev–Trinajstić information content (AvgIpc) is 3.19. The molecule has 26 heavy (non-hydrogen) atoms. The van der Waals surface area contributed by atoms with Gasteiger partial charge in [-0.2, -0.15) is 0 Å². The van der Waals surface area contributed by atoms with Crippen LogP contribution in [0.25, 0.3) is 11.3 Å². The van der Waals surface area contributed by atoms with Gasteiger partial charge in [0.05, 0.1) is 13.2 Å². The summed E-state index contributed by atoms with van der Waals surface area (Å²) >= 11 is 0. The van der Waals surface area contributed by atoms with Crippen LogP contribution in [0, 0.1) is 0 Å². The van der Waals surface area contributed by atoms with Gasteiger partial charge in [-0.1, -0.05) is 47.6 Å². The van der Waals surface area contributed by atoms with Crippen molar-refractivity contribution in [2.24, 2.45) is 0 Å². The molecule has 0 aliphatic heterocycles. The standard InChI is InChI=1S/C20H20N2O4/c1-24-16-10-6-9-15(11-16)19(25-2)13-21-20(23)17-12-18(26-22-17)14-7-4-3-5-8-14/h3-12,19H,13H2,1-2H3,(H,21,23)/t19-/m0/s1. The first-order valence-electron chi connectivity index (χ1n) is 8.18. The Bertz CT molecular complexity index is 861. The first-order chi connectivity index (χ1) is 12.7. The highest BCUT2D eigenvalue weighted by Crippen LogP contribution is 2.22. The third-order valence-electron chi connectivity index (χ3n) is 4.00. The van der Waals surface area contributed by atoms with Crippen LogP contribution < -0.4 is 10.1 Å². The molecule has 134 valence electrons. The number of nitrogens with zero attached hydrogens (tertiary/aromatic N) is 1. The Labute approximate surface area is 151 Å². The van der Waals surface area contributed by atoms with E-state index in [0.29, 0.717) is 12.3 Å². The van der Waals surface area contributed by atoms with Crippen LogP contribution in [0.4, 0.5) is 0 Å². The Kier molecular flexibility index (Phi) is 5.66. The molecule has 2 aromatic carbocycles. The van der Waals surface area contributed by atoms with E-state index in [-0.39, 0.29) is 17.7 Å². The summed E-state index contributed by atoms with van der Waals surface area (Å²) in [7, 11) is 3.21. The smallest absolute Gasteiger partial charge is 0.273 e. The fourth-order valence-electron chi connectivity index (χ4n) is 2.58. The number of hydrogen-bond acceptors (Lipinski definition) is 5. The largest absolute Gasteiger partial charge is 0.497 e. The van der Waals surface area contributed by atoms with Crippen molar-refractivity contribution < 1.29 is 18.8 Å². The van der Waals surface area contributed by atoms with Gasteiger partial charge in [0.25, 0.3) is 5.91 Å². The Morgan fingerprint density at radius 3 is 2.65 bits per heavy atom. The SMILES string of the molecule is COc1cccc([C@H](CNC(=O)c2cc(-c3ccccc3)on2)OC)c1. The lowest BCUT2D eigenvalue weighted by Gasteiger charge is -2.16. The minimum absolute atomic E-state index is 0.226. The number of rotatable bonds is 7. The molecule has 3 aromatic rings. The summed E-state index contributed by atoms with van der Waals surface area (Å²) in [5, 5.41) is 6.67. The van der Waals surface area contributed by atoms with Crippen molar-refractivity contribution in [1.29, 1.82) is 0 Å². The molecule has 0 fully saturated rings. The van der Waals surface area contributed by atoms with Crippen LogP contribution in [0.3, 0.4) is 0 Å². The molecule has 1 heterocycles. The number of amides is 1. The number of aromatic nitrogens is 1. The normalized spacial score (nSPS) is 11.8. The van der Waals surface area contributed by atoms with Gasteiger partial charge in [0.2, 0.25) is 0 Å². The van der Waals surface area contributed by atoms with Crippen molar-refractivity contribution in [3.63, 3.8) is 0 Å². The molecule has 0 unspecified atom stereocenters. The quantitative estimate of drug-likeness (QED) is 0.705. The van der Waals surface area contributed by atoms with Gasteiger partial charge < -0.3 is 19.3 Å². The van der Waals surface area contributed by atoms with Crippen LogP contribution in [0.2, 0.25) is 0 Å². The van der Waals surface area contributed by atoms with Crippen molar-refractivity contribution in [2.75, 3.05) is 20.8 Å². The van der Waals surface area contributed by atoms with E-state index >= 15 is 0 Å². The van der Waals surface area contributed by atoms with E-state index in [0.717, 1.165) is 16.9 Å². The number of carbonyl (C=O) groups is 1. The van der Waals surface area contributed by atoms with Crippen LogP contribution in [0.1, 0.15) is 22.2 Å². The highest BCUT2D eigenvalue weighted by molar-refractivity contribution is 5.93. The Hall–Kier alpha value is -3.12. The summed E-state index contributed by atoms with van der Waals surface area (Å²) in [6.45, 7) is 0.302. The molecule has 1 amide bonds. The second kappa shape index (κ2) is 8.31. The molecular formula is C20H20N2O4. The van der Waals surface area contributed by atoms with Crippen LogP contribution in [-0.4, -0.2) is 31.8 Å². The van der Waals surface area contributed by atoms with Gasteiger partial charge in [0, 0.05) is 25.3 Å². The van der Waals surface area contributed by atoms with E-state index in [1.54, 1.807) is 20.3 Å². The summed E-state index contributed by atoms with van der Waals surface area (Å²) < 4.78 is 16.0.